The highest BCUT2D eigenvalue weighted by Crippen LogP contribution is 2.04. The van der Waals surface area contributed by atoms with E-state index in [9.17, 15) is 10.1 Å². The highest BCUT2D eigenvalue weighted by molar-refractivity contribution is 9.10. The molecule has 0 spiro atoms. The molecular weight excluding hydrogens is 270 g/mol. The molecule has 2 rings (SSSR count). The van der Waals surface area contributed by atoms with Gasteiger partial charge in [0.2, 0.25) is 11.1 Å². The van der Waals surface area contributed by atoms with Gasteiger partial charge >= 0.3 is 5.95 Å². The van der Waals surface area contributed by atoms with Crippen molar-refractivity contribution in [2.45, 2.75) is 6.54 Å². The molecule has 10 heteroatoms. The van der Waals surface area contributed by atoms with Crippen molar-refractivity contribution in [3.8, 4) is 0 Å². The molecule has 78 valence electrons. The van der Waals surface area contributed by atoms with E-state index in [-0.39, 0.29) is 6.54 Å². The zero-order valence-electron chi connectivity index (χ0n) is 7.16. The number of hydrogen-bond acceptors (Lipinski definition) is 6. The van der Waals surface area contributed by atoms with Gasteiger partial charge in [-0.05, 0) is 20.9 Å². The van der Waals surface area contributed by atoms with Gasteiger partial charge in [-0.2, -0.15) is 4.68 Å². The van der Waals surface area contributed by atoms with Crippen molar-refractivity contribution in [1.29, 1.82) is 0 Å². The lowest BCUT2D eigenvalue weighted by atomic mass is 10.6. The summed E-state index contributed by atoms with van der Waals surface area (Å²) in [4.78, 5) is 17.1. The Hall–Kier alpha value is -1.84. The van der Waals surface area contributed by atoms with Crippen molar-refractivity contribution in [3.05, 3.63) is 27.0 Å². The summed E-state index contributed by atoms with van der Waals surface area (Å²) in [5.41, 5.74) is 0. The van der Waals surface area contributed by atoms with Crippen LogP contribution in [0.25, 0.3) is 0 Å². The molecule has 0 saturated carbocycles. The third-order valence-electron chi connectivity index (χ3n) is 1.50. The molecule has 0 radical (unpaired) electrons. The molecule has 0 saturated heterocycles. The molecule has 9 nitrogen and oxygen atoms in total. The van der Waals surface area contributed by atoms with Gasteiger partial charge in [-0.25, -0.2) is 4.98 Å². The molecule has 0 aliphatic heterocycles. The summed E-state index contributed by atoms with van der Waals surface area (Å²) < 4.78 is 1.72. The lowest BCUT2D eigenvalue weighted by molar-refractivity contribution is -0.394. The lowest BCUT2D eigenvalue weighted by Gasteiger charge is -1.89. The molecule has 2 aromatic heterocycles. The van der Waals surface area contributed by atoms with Crippen LogP contribution in [0.15, 0.2) is 11.1 Å². The molecule has 15 heavy (non-hydrogen) atoms. The number of nitrogens with one attached hydrogen (secondary N) is 1. The molecular formula is C5H4BrN7O2. The van der Waals surface area contributed by atoms with E-state index in [1.807, 2.05) is 0 Å². The fourth-order valence-electron chi connectivity index (χ4n) is 0.941. The summed E-state index contributed by atoms with van der Waals surface area (Å²) in [5.74, 6) is 0.0928. The van der Waals surface area contributed by atoms with Crippen LogP contribution in [0.1, 0.15) is 5.82 Å². The van der Waals surface area contributed by atoms with E-state index < -0.39 is 10.9 Å². The standard InChI is InChI=1S/C5H4BrN7O2/c6-4-8-3(9-10-4)1-12-2-7-5(11-12)13(14)15/h2H,1H2,(H,8,9,10). The van der Waals surface area contributed by atoms with Crippen molar-refractivity contribution in [3.63, 3.8) is 0 Å². The summed E-state index contributed by atoms with van der Waals surface area (Å²) in [6.07, 6.45) is 1.26. The number of aromatic amines is 1. The van der Waals surface area contributed by atoms with E-state index in [2.05, 4.69) is 41.2 Å². The summed E-state index contributed by atoms with van der Waals surface area (Å²) in [7, 11) is 0. The van der Waals surface area contributed by atoms with E-state index in [1.54, 1.807) is 0 Å². The summed E-state index contributed by atoms with van der Waals surface area (Å²) in [6, 6.07) is 0. The first-order valence-electron chi connectivity index (χ1n) is 3.76. The van der Waals surface area contributed by atoms with Crippen LogP contribution in [-0.4, -0.2) is 34.9 Å². The van der Waals surface area contributed by atoms with Crippen LogP contribution >= 0.6 is 15.9 Å². The predicted octanol–water partition coefficient (Wildman–Crippen LogP) is 0.115. The van der Waals surface area contributed by atoms with Crippen LogP contribution in [0.2, 0.25) is 0 Å². The Morgan fingerprint density at radius 3 is 3.00 bits per heavy atom. The van der Waals surface area contributed by atoms with E-state index >= 15 is 0 Å². The van der Waals surface area contributed by atoms with Crippen molar-refractivity contribution in [2.75, 3.05) is 0 Å². The number of hydrogen-bond donors (Lipinski definition) is 1. The van der Waals surface area contributed by atoms with Crippen LogP contribution in [0, 0.1) is 10.1 Å². The van der Waals surface area contributed by atoms with Crippen molar-refractivity contribution >= 4 is 21.9 Å². The Kier molecular flexibility index (Phi) is 2.41. The van der Waals surface area contributed by atoms with Crippen molar-refractivity contribution < 1.29 is 4.92 Å². The van der Waals surface area contributed by atoms with Crippen LogP contribution in [0.3, 0.4) is 0 Å². The highest BCUT2D eigenvalue weighted by atomic mass is 79.9. The van der Waals surface area contributed by atoms with Gasteiger partial charge in [0.25, 0.3) is 0 Å². The SMILES string of the molecule is O=[N+]([O-])c1ncn(Cc2nc(Br)n[nH]2)n1. The zero-order chi connectivity index (χ0) is 10.8. The Balaban J connectivity index is 2.14. The molecule has 2 aromatic rings. The monoisotopic (exact) mass is 273 g/mol. The minimum atomic E-state index is -0.660. The molecule has 0 amide bonds. The Labute approximate surface area is 90.8 Å². The number of H-pyrrole nitrogens is 1. The van der Waals surface area contributed by atoms with Crippen LogP contribution in [-0.2, 0) is 6.54 Å². The maximum Gasteiger partial charge on any atom is 0.490 e. The molecule has 0 aliphatic rings. The number of nitrogens with zero attached hydrogens (tertiary/aromatic N) is 6. The summed E-state index contributed by atoms with van der Waals surface area (Å²) >= 11 is 3.07. The first-order chi connectivity index (χ1) is 7.15. The molecule has 0 bridgehead atoms. The van der Waals surface area contributed by atoms with Crippen LogP contribution < -0.4 is 0 Å². The van der Waals surface area contributed by atoms with E-state index in [0.29, 0.717) is 10.6 Å². The van der Waals surface area contributed by atoms with Gasteiger partial charge in [0, 0.05) is 5.10 Å². The molecule has 0 fully saturated rings. The van der Waals surface area contributed by atoms with Gasteiger partial charge in [0.1, 0.15) is 12.4 Å². The van der Waals surface area contributed by atoms with Gasteiger partial charge in [0.05, 0.1) is 0 Å². The molecule has 0 unspecified atom stereocenters. The second kappa shape index (κ2) is 3.73. The Morgan fingerprint density at radius 1 is 1.67 bits per heavy atom. The predicted molar refractivity (Wildman–Crippen MR) is 49.9 cm³/mol. The second-order valence-corrected chi connectivity index (χ2v) is 3.26. The van der Waals surface area contributed by atoms with E-state index in [1.165, 1.54) is 11.0 Å². The quantitative estimate of drug-likeness (QED) is 0.627. The number of aromatic nitrogens is 6. The Morgan fingerprint density at radius 2 is 2.47 bits per heavy atom. The highest BCUT2D eigenvalue weighted by Gasteiger charge is 2.14. The van der Waals surface area contributed by atoms with Gasteiger partial charge < -0.3 is 10.1 Å². The summed E-state index contributed by atoms with van der Waals surface area (Å²) in [6.45, 7) is 0.249. The average Bonchev–Trinajstić information content (AvgIpc) is 2.76. The average molecular weight is 274 g/mol. The smallest absolute Gasteiger partial charge is 0.390 e. The topological polar surface area (TPSA) is 115 Å². The first kappa shape index (κ1) is 9.71. The fraction of sp³-hybridized carbons (Fsp3) is 0.200. The maximum absolute atomic E-state index is 10.3. The van der Waals surface area contributed by atoms with E-state index in [4.69, 9.17) is 0 Å². The number of rotatable bonds is 3. The van der Waals surface area contributed by atoms with Gasteiger partial charge in [-0.3, -0.25) is 5.10 Å². The van der Waals surface area contributed by atoms with Crippen LogP contribution in [0.5, 0.6) is 0 Å². The molecule has 0 atom stereocenters. The van der Waals surface area contributed by atoms with Gasteiger partial charge in [-0.1, -0.05) is 4.98 Å². The molecule has 0 aliphatic carbocycles. The summed E-state index contributed by atoms with van der Waals surface area (Å²) in [5, 5.41) is 20.3. The van der Waals surface area contributed by atoms with Crippen molar-refractivity contribution in [1.82, 2.24) is 29.9 Å². The first-order valence-corrected chi connectivity index (χ1v) is 4.55. The third kappa shape index (κ3) is 2.15. The van der Waals surface area contributed by atoms with Crippen LogP contribution in [0.4, 0.5) is 5.95 Å². The second-order valence-electron chi connectivity index (χ2n) is 2.55. The third-order valence-corrected chi connectivity index (χ3v) is 1.86. The maximum atomic E-state index is 10.3. The molecule has 0 aromatic carbocycles. The number of halogens is 1. The molecule has 2 heterocycles. The van der Waals surface area contributed by atoms with Crippen molar-refractivity contribution in [2.24, 2.45) is 0 Å². The minimum absolute atomic E-state index is 0.249. The van der Waals surface area contributed by atoms with E-state index in [0.717, 1.165) is 0 Å². The zero-order valence-corrected chi connectivity index (χ0v) is 8.75. The number of nitro groups is 1. The van der Waals surface area contributed by atoms with Gasteiger partial charge in [0.15, 0.2) is 0 Å². The van der Waals surface area contributed by atoms with Gasteiger partial charge in [-0.15, -0.1) is 5.10 Å². The fourth-order valence-corrected chi connectivity index (χ4v) is 1.24. The lowest BCUT2D eigenvalue weighted by Crippen LogP contribution is -2.02. The normalized spacial score (nSPS) is 10.5. The Bertz CT molecular complexity index is 491. The largest absolute Gasteiger partial charge is 0.490 e. The molecule has 1 N–H and O–H groups in total. The minimum Gasteiger partial charge on any atom is -0.390 e.